The molecule has 0 aromatic rings. The van der Waals surface area contributed by atoms with Gasteiger partial charge < -0.3 is 10.5 Å². The molecule has 0 aromatic carbocycles. The van der Waals surface area contributed by atoms with Crippen molar-refractivity contribution in [2.45, 2.75) is 78.6 Å². The molecule has 4 atom stereocenters. The minimum Gasteiger partial charge on any atom is -0.375 e. The summed E-state index contributed by atoms with van der Waals surface area (Å²) in [4.78, 5) is 0. The van der Waals surface area contributed by atoms with Gasteiger partial charge in [-0.25, -0.2) is 0 Å². The van der Waals surface area contributed by atoms with Crippen LogP contribution >= 0.6 is 0 Å². The smallest absolute Gasteiger partial charge is 0.0586 e. The summed E-state index contributed by atoms with van der Waals surface area (Å²) < 4.78 is 6.13. The van der Waals surface area contributed by atoms with E-state index in [1.54, 1.807) is 0 Å². The standard InChI is InChI=1S/C14H29NO/c1-10-6-13(9-14(4,5)8-10)16-12(3)7-11(2)15/h10-13H,6-9,15H2,1-5H3. The molecule has 16 heavy (non-hydrogen) atoms. The topological polar surface area (TPSA) is 35.2 Å². The molecule has 4 unspecified atom stereocenters. The number of hydrogen-bond acceptors (Lipinski definition) is 2. The van der Waals surface area contributed by atoms with Gasteiger partial charge in [0.15, 0.2) is 0 Å². The monoisotopic (exact) mass is 227 g/mol. The van der Waals surface area contributed by atoms with E-state index in [0.29, 0.717) is 17.6 Å². The molecule has 0 saturated heterocycles. The molecule has 96 valence electrons. The third-order valence-corrected chi connectivity index (χ3v) is 3.48. The summed E-state index contributed by atoms with van der Waals surface area (Å²) in [5.41, 5.74) is 6.24. The van der Waals surface area contributed by atoms with Crippen LogP contribution in [0.4, 0.5) is 0 Å². The van der Waals surface area contributed by atoms with Gasteiger partial charge in [-0.1, -0.05) is 20.8 Å². The van der Waals surface area contributed by atoms with Crippen LogP contribution in [0, 0.1) is 11.3 Å². The Morgan fingerprint density at radius 3 is 2.44 bits per heavy atom. The zero-order valence-corrected chi connectivity index (χ0v) is 11.6. The zero-order valence-electron chi connectivity index (χ0n) is 11.6. The number of ether oxygens (including phenoxy) is 1. The van der Waals surface area contributed by atoms with Crippen molar-refractivity contribution in [1.82, 2.24) is 0 Å². The van der Waals surface area contributed by atoms with Crippen LogP contribution < -0.4 is 5.73 Å². The van der Waals surface area contributed by atoms with Gasteiger partial charge in [0.25, 0.3) is 0 Å². The number of rotatable bonds is 4. The lowest BCUT2D eigenvalue weighted by Crippen LogP contribution is -2.35. The Labute approximate surface area is 101 Å². The molecular formula is C14H29NO. The molecule has 0 spiro atoms. The molecule has 1 aliphatic rings. The molecular weight excluding hydrogens is 198 g/mol. The van der Waals surface area contributed by atoms with Gasteiger partial charge in [0, 0.05) is 6.04 Å². The van der Waals surface area contributed by atoms with Crippen molar-refractivity contribution < 1.29 is 4.74 Å². The van der Waals surface area contributed by atoms with E-state index in [9.17, 15) is 0 Å². The van der Waals surface area contributed by atoms with Crippen molar-refractivity contribution in [3.63, 3.8) is 0 Å². The van der Waals surface area contributed by atoms with Gasteiger partial charge in [-0.05, 0) is 50.9 Å². The predicted octanol–water partition coefficient (Wildman–Crippen LogP) is 3.34. The molecule has 0 bridgehead atoms. The summed E-state index contributed by atoms with van der Waals surface area (Å²) in [6.07, 6.45) is 5.44. The molecule has 0 aliphatic heterocycles. The Kier molecular flexibility index (Phi) is 4.81. The van der Waals surface area contributed by atoms with E-state index in [0.717, 1.165) is 12.3 Å². The van der Waals surface area contributed by atoms with E-state index >= 15 is 0 Å². The lowest BCUT2D eigenvalue weighted by atomic mass is 9.71. The lowest BCUT2D eigenvalue weighted by molar-refractivity contribution is -0.0622. The lowest BCUT2D eigenvalue weighted by Gasteiger charge is -2.40. The molecule has 0 aromatic heterocycles. The van der Waals surface area contributed by atoms with E-state index in [-0.39, 0.29) is 6.04 Å². The highest BCUT2D eigenvalue weighted by atomic mass is 16.5. The average Bonchev–Trinajstić information content (AvgIpc) is 1.95. The second-order valence-corrected chi connectivity index (χ2v) is 6.70. The second-order valence-electron chi connectivity index (χ2n) is 6.70. The Balaban J connectivity index is 2.41. The third-order valence-electron chi connectivity index (χ3n) is 3.48. The van der Waals surface area contributed by atoms with Crippen molar-refractivity contribution in [2.24, 2.45) is 17.1 Å². The van der Waals surface area contributed by atoms with E-state index in [1.807, 2.05) is 6.92 Å². The Morgan fingerprint density at radius 2 is 1.94 bits per heavy atom. The SMILES string of the molecule is CC(N)CC(C)OC1CC(C)CC(C)(C)C1. The first-order chi connectivity index (χ1) is 7.28. The fourth-order valence-corrected chi connectivity index (χ4v) is 3.27. The molecule has 1 rings (SSSR count). The first-order valence-corrected chi connectivity index (χ1v) is 6.69. The summed E-state index contributed by atoms with van der Waals surface area (Å²) in [6, 6.07) is 0.240. The van der Waals surface area contributed by atoms with Gasteiger partial charge in [0.05, 0.1) is 12.2 Å². The van der Waals surface area contributed by atoms with Gasteiger partial charge in [-0.2, -0.15) is 0 Å². The van der Waals surface area contributed by atoms with Crippen molar-refractivity contribution >= 4 is 0 Å². The minimum atomic E-state index is 0.240. The highest BCUT2D eigenvalue weighted by Gasteiger charge is 2.33. The van der Waals surface area contributed by atoms with E-state index in [4.69, 9.17) is 10.5 Å². The van der Waals surface area contributed by atoms with E-state index in [2.05, 4.69) is 27.7 Å². The average molecular weight is 227 g/mol. The van der Waals surface area contributed by atoms with Crippen LogP contribution in [0.1, 0.15) is 60.3 Å². The van der Waals surface area contributed by atoms with Crippen LogP contribution in [0.5, 0.6) is 0 Å². The molecule has 2 heteroatoms. The second kappa shape index (κ2) is 5.50. The molecule has 0 radical (unpaired) electrons. The minimum absolute atomic E-state index is 0.240. The zero-order chi connectivity index (χ0) is 12.3. The molecule has 1 saturated carbocycles. The first-order valence-electron chi connectivity index (χ1n) is 6.69. The molecule has 0 amide bonds. The maximum Gasteiger partial charge on any atom is 0.0586 e. The van der Waals surface area contributed by atoms with Crippen LogP contribution in [0.15, 0.2) is 0 Å². The quantitative estimate of drug-likeness (QED) is 0.799. The normalized spacial score (nSPS) is 33.4. The highest BCUT2D eigenvalue weighted by Crippen LogP contribution is 2.40. The molecule has 2 nitrogen and oxygen atoms in total. The molecule has 2 N–H and O–H groups in total. The maximum atomic E-state index is 6.13. The van der Waals surface area contributed by atoms with Gasteiger partial charge in [-0.3, -0.25) is 0 Å². The first kappa shape index (κ1) is 14.0. The van der Waals surface area contributed by atoms with Gasteiger partial charge in [0.2, 0.25) is 0 Å². The molecule has 1 fully saturated rings. The Morgan fingerprint density at radius 1 is 1.31 bits per heavy atom. The van der Waals surface area contributed by atoms with Crippen LogP contribution in [0.3, 0.4) is 0 Å². The van der Waals surface area contributed by atoms with Crippen LogP contribution in [0.2, 0.25) is 0 Å². The van der Waals surface area contributed by atoms with Crippen molar-refractivity contribution in [3.8, 4) is 0 Å². The predicted molar refractivity (Wildman–Crippen MR) is 69.4 cm³/mol. The fourth-order valence-electron chi connectivity index (χ4n) is 3.27. The van der Waals surface area contributed by atoms with Crippen molar-refractivity contribution in [3.05, 3.63) is 0 Å². The van der Waals surface area contributed by atoms with Gasteiger partial charge >= 0.3 is 0 Å². The summed E-state index contributed by atoms with van der Waals surface area (Å²) >= 11 is 0. The van der Waals surface area contributed by atoms with Crippen molar-refractivity contribution in [2.75, 3.05) is 0 Å². The Hall–Kier alpha value is -0.0800. The number of nitrogens with two attached hydrogens (primary N) is 1. The third kappa shape index (κ3) is 4.84. The van der Waals surface area contributed by atoms with Crippen LogP contribution in [-0.4, -0.2) is 18.2 Å². The van der Waals surface area contributed by atoms with E-state index < -0.39 is 0 Å². The van der Waals surface area contributed by atoms with Crippen molar-refractivity contribution in [1.29, 1.82) is 0 Å². The number of hydrogen-bond donors (Lipinski definition) is 1. The summed E-state index contributed by atoms with van der Waals surface area (Å²) in [5, 5.41) is 0. The van der Waals surface area contributed by atoms with Gasteiger partial charge in [-0.15, -0.1) is 0 Å². The maximum absolute atomic E-state index is 6.13. The highest BCUT2D eigenvalue weighted by molar-refractivity contribution is 4.84. The van der Waals surface area contributed by atoms with Gasteiger partial charge in [0.1, 0.15) is 0 Å². The molecule has 1 aliphatic carbocycles. The summed E-state index contributed by atoms with van der Waals surface area (Å²) in [5.74, 6) is 0.788. The van der Waals surface area contributed by atoms with Crippen LogP contribution in [0.25, 0.3) is 0 Å². The summed E-state index contributed by atoms with van der Waals surface area (Å²) in [7, 11) is 0. The largest absolute Gasteiger partial charge is 0.375 e. The Bertz CT molecular complexity index is 213. The van der Waals surface area contributed by atoms with E-state index in [1.165, 1.54) is 19.3 Å². The summed E-state index contributed by atoms with van der Waals surface area (Å²) in [6.45, 7) is 11.3. The van der Waals surface area contributed by atoms with Crippen LogP contribution in [-0.2, 0) is 4.74 Å². The fraction of sp³-hybridized carbons (Fsp3) is 1.00. The molecule has 0 heterocycles.